The summed E-state index contributed by atoms with van der Waals surface area (Å²) in [6.45, 7) is 2.28. The van der Waals surface area contributed by atoms with E-state index in [0.29, 0.717) is 12.1 Å². The molecule has 0 aliphatic heterocycles. The van der Waals surface area contributed by atoms with Crippen LogP contribution < -0.4 is 5.32 Å². The van der Waals surface area contributed by atoms with Crippen LogP contribution in [0, 0.1) is 5.92 Å². The maximum Gasteiger partial charge on any atom is 0.0693 e. The van der Waals surface area contributed by atoms with Crippen LogP contribution >= 0.6 is 0 Å². The Morgan fingerprint density at radius 2 is 1.82 bits per heavy atom. The zero-order chi connectivity index (χ0) is 7.84. The van der Waals surface area contributed by atoms with E-state index in [1.165, 1.54) is 19.3 Å². The molecule has 2 nitrogen and oxygen atoms in total. The predicted molar refractivity (Wildman–Crippen MR) is 44.4 cm³/mol. The quantitative estimate of drug-likeness (QED) is 0.621. The van der Waals surface area contributed by atoms with E-state index in [0.717, 1.165) is 12.3 Å². The van der Waals surface area contributed by atoms with Crippen molar-refractivity contribution >= 4 is 0 Å². The third kappa shape index (κ3) is 1.30. The summed E-state index contributed by atoms with van der Waals surface area (Å²) < 4.78 is 0. The predicted octanol–water partition coefficient (Wildman–Crippen LogP) is 0.898. The molecular formula is C9H17NO. The molecule has 0 heterocycles. The van der Waals surface area contributed by atoms with Crippen LogP contribution in [0.25, 0.3) is 0 Å². The average Bonchev–Trinajstić information content (AvgIpc) is 1.99. The molecule has 0 amide bonds. The zero-order valence-corrected chi connectivity index (χ0v) is 7.09. The summed E-state index contributed by atoms with van der Waals surface area (Å²) in [6, 6.07) is 1.12. The maximum absolute atomic E-state index is 9.30. The number of hydrogen-bond acceptors (Lipinski definition) is 2. The lowest BCUT2D eigenvalue weighted by molar-refractivity contribution is 0.0297. The van der Waals surface area contributed by atoms with Gasteiger partial charge in [-0.25, -0.2) is 0 Å². The fourth-order valence-electron chi connectivity index (χ4n) is 1.87. The second-order valence-electron chi connectivity index (χ2n) is 4.08. The van der Waals surface area contributed by atoms with Gasteiger partial charge in [-0.15, -0.1) is 0 Å². The molecule has 0 bridgehead atoms. The third-order valence-electron chi connectivity index (χ3n) is 3.29. The number of rotatable bonds is 2. The molecule has 0 spiro atoms. The van der Waals surface area contributed by atoms with Crippen LogP contribution in [0.15, 0.2) is 0 Å². The second-order valence-corrected chi connectivity index (χ2v) is 4.08. The van der Waals surface area contributed by atoms with Crippen LogP contribution in [0.2, 0.25) is 0 Å². The lowest BCUT2D eigenvalue weighted by Gasteiger charge is -2.42. The topological polar surface area (TPSA) is 32.3 Å². The van der Waals surface area contributed by atoms with Crippen LogP contribution in [-0.2, 0) is 0 Å². The van der Waals surface area contributed by atoms with Crippen molar-refractivity contribution in [2.24, 2.45) is 5.92 Å². The Kier molecular flexibility index (Phi) is 1.90. The SMILES string of the molecule is CC1CCC1N[C@@H]1CC[C@H]1O. The van der Waals surface area contributed by atoms with Crippen molar-refractivity contribution in [1.82, 2.24) is 5.32 Å². The van der Waals surface area contributed by atoms with E-state index in [9.17, 15) is 5.11 Å². The van der Waals surface area contributed by atoms with Crippen LogP contribution in [0.5, 0.6) is 0 Å². The molecule has 2 fully saturated rings. The molecule has 64 valence electrons. The monoisotopic (exact) mass is 155 g/mol. The highest BCUT2D eigenvalue weighted by Crippen LogP contribution is 2.29. The Bertz CT molecular complexity index is 132. The summed E-state index contributed by atoms with van der Waals surface area (Å²) in [5, 5.41) is 12.8. The normalized spacial score (nSPS) is 49.6. The highest BCUT2D eigenvalue weighted by molar-refractivity contribution is 4.93. The molecule has 0 aromatic rings. The molecule has 2 N–H and O–H groups in total. The molecule has 2 rings (SSSR count). The summed E-state index contributed by atoms with van der Waals surface area (Å²) in [5.41, 5.74) is 0. The second kappa shape index (κ2) is 2.76. The van der Waals surface area contributed by atoms with Crippen molar-refractivity contribution in [1.29, 1.82) is 0 Å². The molecule has 4 atom stereocenters. The average molecular weight is 155 g/mol. The molecule has 2 aliphatic rings. The maximum atomic E-state index is 9.30. The first-order valence-corrected chi connectivity index (χ1v) is 4.71. The fraction of sp³-hybridized carbons (Fsp3) is 1.00. The zero-order valence-electron chi connectivity index (χ0n) is 7.09. The summed E-state index contributed by atoms with van der Waals surface area (Å²) in [6.07, 6.45) is 4.79. The Hall–Kier alpha value is -0.0800. The summed E-state index contributed by atoms with van der Waals surface area (Å²) in [7, 11) is 0. The van der Waals surface area contributed by atoms with Crippen molar-refractivity contribution in [3.05, 3.63) is 0 Å². The smallest absolute Gasteiger partial charge is 0.0693 e. The van der Waals surface area contributed by atoms with Gasteiger partial charge in [0.25, 0.3) is 0 Å². The summed E-state index contributed by atoms with van der Waals surface area (Å²) >= 11 is 0. The van der Waals surface area contributed by atoms with Gasteiger partial charge >= 0.3 is 0 Å². The van der Waals surface area contributed by atoms with Crippen molar-refractivity contribution in [3.63, 3.8) is 0 Å². The molecule has 2 saturated carbocycles. The third-order valence-corrected chi connectivity index (χ3v) is 3.29. The largest absolute Gasteiger partial charge is 0.392 e. The highest BCUT2D eigenvalue weighted by Gasteiger charge is 2.34. The van der Waals surface area contributed by atoms with E-state index in [-0.39, 0.29) is 6.10 Å². The molecule has 2 aliphatic carbocycles. The number of aliphatic hydroxyl groups is 1. The van der Waals surface area contributed by atoms with Gasteiger partial charge in [0.1, 0.15) is 0 Å². The van der Waals surface area contributed by atoms with Gasteiger partial charge in [-0.3, -0.25) is 0 Å². The van der Waals surface area contributed by atoms with Gasteiger partial charge in [-0.05, 0) is 31.6 Å². The van der Waals surface area contributed by atoms with E-state index in [1.54, 1.807) is 0 Å². The molecular weight excluding hydrogens is 138 g/mol. The van der Waals surface area contributed by atoms with Crippen LogP contribution in [0.3, 0.4) is 0 Å². The molecule has 0 aromatic heterocycles. The minimum absolute atomic E-state index is 0.0530. The molecule has 2 unspecified atom stereocenters. The first-order chi connectivity index (χ1) is 5.27. The van der Waals surface area contributed by atoms with E-state index in [1.807, 2.05) is 0 Å². The molecule has 2 heteroatoms. The van der Waals surface area contributed by atoms with Crippen LogP contribution in [0.1, 0.15) is 32.6 Å². The molecule has 11 heavy (non-hydrogen) atoms. The standard InChI is InChI=1S/C9H17NO/c1-6-2-3-7(6)10-8-4-5-9(8)11/h6-11H,2-5H2,1H3/t6?,7?,8-,9-/m1/s1. The Balaban J connectivity index is 1.73. The van der Waals surface area contributed by atoms with Crippen LogP contribution in [0.4, 0.5) is 0 Å². The van der Waals surface area contributed by atoms with Crippen molar-refractivity contribution in [2.45, 2.75) is 50.8 Å². The Morgan fingerprint density at radius 1 is 1.09 bits per heavy atom. The van der Waals surface area contributed by atoms with Crippen molar-refractivity contribution in [2.75, 3.05) is 0 Å². The first-order valence-electron chi connectivity index (χ1n) is 4.71. The lowest BCUT2D eigenvalue weighted by Crippen LogP contribution is -2.56. The van der Waals surface area contributed by atoms with E-state index < -0.39 is 0 Å². The number of nitrogens with one attached hydrogen (secondary N) is 1. The fourth-order valence-corrected chi connectivity index (χ4v) is 1.87. The molecule has 0 radical (unpaired) electrons. The Labute approximate surface area is 68.0 Å². The van der Waals surface area contributed by atoms with Crippen molar-refractivity contribution in [3.8, 4) is 0 Å². The summed E-state index contributed by atoms with van der Waals surface area (Å²) in [4.78, 5) is 0. The van der Waals surface area contributed by atoms with Gasteiger partial charge in [0.15, 0.2) is 0 Å². The van der Waals surface area contributed by atoms with Gasteiger partial charge < -0.3 is 10.4 Å². The van der Waals surface area contributed by atoms with Gasteiger partial charge in [0.2, 0.25) is 0 Å². The van der Waals surface area contributed by atoms with Gasteiger partial charge in [-0.2, -0.15) is 0 Å². The summed E-state index contributed by atoms with van der Waals surface area (Å²) in [5.74, 6) is 0.836. The highest BCUT2D eigenvalue weighted by atomic mass is 16.3. The first kappa shape index (κ1) is 7.56. The molecule has 0 saturated heterocycles. The molecule has 0 aromatic carbocycles. The van der Waals surface area contributed by atoms with E-state index in [2.05, 4.69) is 12.2 Å². The number of aliphatic hydroxyl groups excluding tert-OH is 1. The van der Waals surface area contributed by atoms with E-state index >= 15 is 0 Å². The van der Waals surface area contributed by atoms with Crippen molar-refractivity contribution < 1.29 is 5.11 Å². The van der Waals surface area contributed by atoms with E-state index in [4.69, 9.17) is 0 Å². The van der Waals surface area contributed by atoms with Gasteiger partial charge in [-0.1, -0.05) is 6.92 Å². The minimum atomic E-state index is -0.0530. The van der Waals surface area contributed by atoms with Gasteiger partial charge in [0.05, 0.1) is 6.10 Å². The van der Waals surface area contributed by atoms with Crippen LogP contribution in [-0.4, -0.2) is 23.3 Å². The number of hydrogen-bond donors (Lipinski definition) is 2. The lowest BCUT2D eigenvalue weighted by atomic mass is 9.78. The minimum Gasteiger partial charge on any atom is -0.392 e. The van der Waals surface area contributed by atoms with Gasteiger partial charge in [0, 0.05) is 12.1 Å². The Morgan fingerprint density at radius 3 is 2.09 bits per heavy atom.